The van der Waals surface area contributed by atoms with E-state index >= 15 is 0 Å². The van der Waals surface area contributed by atoms with E-state index in [1.54, 1.807) is 0 Å². The smallest absolute Gasteiger partial charge is 0.0287 e. The molecule has 0 aliphatic carbocycles. The van der Waals surface area contributed by atoms with Crippen LogP contribution in [0.2, 0.25) is 0 Å². The SMILES string of the molecule is O=S(CCc1ccccc1)CC1CNC1. The third-order valence-electron chi connectivity index (χ3n) is 2.75. The molecule has 0 spiro atoms. The zero-order valence-corrected chi connectivity index (χ0v) is 9.63. The van der Waals surface area contributed by atoms with Crippen molar-refractivity contribution in [3.05, 3.63) is 35.9 Å². The maximum absolute atomic E-state index is 11.7. The first-order chi connectivity index (χ1) is 7.34. The summed E-state index contributed by atoms with van der Waals surface area (Å²) in [4.78, 5) is 0. The number of hydrogen-bond acceptors (Lipinski definition) is 2. The molecule has 1 atom stereocenters. The number of rotatable bonds is 5. The summed E-state index contributed by atoms with van der Waals surface area (Å²) in [6, 6.07) is 10.3. The van der Waals surface area contributed by atoms with Crippen LogP contribution in [-0.4, -0.2) is 28.8 Å². The van der Waals surface area contributed by atoms with Crippen LogP contribution in [0.1, 0.15) is 5.56 Å². The molecule has 3 heteroatoms. The molecule has 1 aliphatic rings. The molecule has 15 heavy (non-hydrogen) atoms. The Labute approximate surface area is 93.5 Å². The minimum Gasteiger partial charge on any atom is -0.316 e. The molecule has 1 heterocycles. The van der Waals surface area contributed by atoms with Gasteiger partial charge in [0.25, 0.3) is 0 Å². The molecule has 1 aliphatic heterocycles. The van der Waals surface area contributed by atoms with Crippen molar-refractivity contribution >= 4 is 10.8 Å². The van der Waals surface area contributed by atoms with Gasteiger partial charge in [-0.05, 0) is 17.9 Å². The Balaban J connectivity index is 1.71. The van der Waals surface area contributed by atoms with Crippen LogP contribution >= 0.6 is 0 Å². The van der Waals surface area contributed by atoms with Gasteiger partial charge in [0.2, 0.25) is 0 Å². The highest BCUT2D eigenvalue weighted by Gasteiger charge is 2.18. The highest BCUT2D eigenvalue weighted by atomic mass is 32.2. The summed E-state index contributed by atoms with van der Waals surface area (Å²) in [5, 5.41) is 3.21. The van der Waals surface area contributed by atoms with Crippen molar-refractivity contribution in [2.45, 2.75) is 6.42 Å². The first-order valence-electron chi connectivity index (χ1n) is 5.44. The summed E-state index contributed by atoms with van der Waals surface area (Å²) in [5.74, 6) is 2.34. The third-order valence-corrected chi connectivity index (χ3v) is 4.25. The van der Waals surface area contributed by atoms with E-state index in [9.17, 15) is 4.21 Å². The third kappa shape index (κ3) is 3.43. The Bertz CT molecular complexity index is 322. The van der Waals surface area contributed by atoms with Gasteiger partial charge in [-0.3, -0.25) is 4.21 Å². The fourth-order valence-corrected chi connectivity index (χ4v) is 3.08. The second kappa shape index (κ2) is 5.42. The van der Waals surface area contributed by atoms with E-state index in [1.165, 1.54) is 5.56 Å². The first kappa shape index (κ1) is 10.8. The number of benzene rings is 1. The van der Waals surface area contributed by atoms with Gasteiger partial charge in [-0.25, -0.2) is 0 Å². The summed E-state index contributed by atoms with van der Waals surface area (Å²) in [7, 11) is -0.639. The molecule has 2 nitrogen and oxygen atoms in total. The van der Waals surface area contributed by atoms with Crippen LogP contribution in [0.5, 0.6) is 0 Å². The Morgan fingerprint density at radius 1 is 1.27 bits per heavy atom. The molecule has 0 saturated carbocycles. The van der Waals surface area contributed by atoms with Crippen molar-refractivity contribution in [2.24, 2.45) is 5.92 Å². The zero-order valence-electron chi connectivity index (χ0n) is 8.82. The van der Waals surface area contributed by atoms with Crippen LogP contribution in [0, 0.1) is 5.92 Å². The van der Waals surface area contributed by atoms with Crippen molar-refractivity contribution < 1.29 is 4.21 Å². The Kier molecular flexibility index (Phi) is 3.92. The fraction of sp³-hybridized carbons (Fsp3) is 0.500. The molecule has 2 rings (SSSR count). The summed E-state index contributed by atoms with van der Waals surface area (Å²) in [6.07, 6.45) is 0.938. The standard InChI is InChI=1S/C12H17NOS/c14-15(10-12-8-13-9-12)7-6-11-4-2-1-3-5-11/h1-5,12-13H,6-10H2. The second-order valence-electron chi connectivity index (χ2n) is 4.07. The van der Waals surface area contributed by atoms with E-state index in [0.29, 0.717) is 5.92 Å². The summed E-state index contributed by atoms with van der Waals surface area (Å²) < 4.78 is 11.7. The second-order valence-corrected chi connectivity index (χ2v) is 5.69. The van der Waals surface area contributed by atoms with Gasteiger partial charge in [-0.15, -0.1) is 0 Å². The molecule has 1 unspecified atom stereocenters. The van der Waals surface area contributed by atoms with Crippen molar-refractivity contribution in [1.82, 2.24) is 5.32 Å². The van der Waals surface area contributed by atoms with Gasteiger partial charge in [-0.2, -0.15) is 0 Å². The number of aryl methyl sites for hydroxylation is 1. The van der Waals surface area contributed by atoms with Gasteiger partial charge in [-0.1, -0.05) is 30.3 Å². The lowest BCUT2D eigenvalue weighted by Crippen LogP contribution is -2.45. The number of nitrogens with one attached hydrogen (secondary N) is 1. The first-order valence-corrected chi connectivity index (χ1v) is 6.93. The molecule has 1 saturated heterocycles. The average molecular weight is 223 g/mol. The Morgan fingerprint density at radius 3 is 2.60 bits per heavy atom. The van der Waals surface area contributed by atoms with E-state index < -0.39 is 10.8 Å². The molecule has 82 valence electrons. The summed E-state index contributed by atoms with van der Waals surface area (Å²) in [6.45, 7) is 2.11. The molecule has 1 aromatic rings. The van der Waals surface area contributed by atoms with Gasteiger partial charge in [0, 0.05) is 35.4 Å². The van der Waals surface area contributed by atoms with Gasteiger partial charge in [0.15, 0.2) is 0 Å². The van der Waals surface area contributed by atoms with Crippen LogP contribution in [0.25, 0.3) is 0 Å². The van der Waals surface area contributed by atoms with Crippen molar-refractivity contribution in [3.8, 4) is 0 Å². The molecule has 1 N–H and O–H groups in total. The van der Waals surface area contributed by atoms with Gasteiger partial charge >= 0.3 is 0 Å². The van der Waals surface area contributed by atoms with E-state index in [1.807, 2.05) is 18.2 Å². The van der Waals surface area contributed by atoms with E-state index in [-0.39, 0.29) is 0 Å². The van der Waals surface area contributed by atoms with Crippen LogP contribution in [0.15, 0.2) is 30.3 Å². The highest BCUT2D eigenvalue weighted by Crippen LogP contribution is 2.07. The summed E-state index contributed by atoms with van der Waals surface area (Å²) >= 11 is 0. The lowest BCUT2D eigenvalue weighted by atomic mass is 10.1. The molecule has 0 radical (unpaired) electrons. The van der Waals surface area contributed by atoms with Crippen LogP contribution < -0.4 is 5.32 Å². The molecular weight excluding hydrogens is 206 g/mol. The van der Waals surface area contributed by atoms with Gasteiger partial charge < -0.3 is 5.32 Å². The zero-order chi connectivity index (χ0) is 10.5. The van der Waals surface area contributed by atoms with Crippen molar-refractivity contribution in [3.63, 3.8) is 0 Å². The molecular formula is C12H17NOS. The monoisotopic (exact) mass is 223 g/mol. The van der Waals surface area contributed by atoms with Crippen molar-refractivity contribution in [2.75, 3.05) is 24.6 Å². The molecule has 1 fully saturated rings. The van der Waals surface area contributed by atoms with Crippen LogP contribution in [0.3, 0.4) is 0 Å². The molecule has 0 amide bonds. The maximum atomic E-state index is 11.7. The van der Waals surface area contributed by atoms with Crippen LogP contribution in [0.4, 0.5) is 0 Å². The van der Waals surface area contributed by atoms with Crippen molar-refractivity contribution in [1.29, 1.82) is 0 Å². The largest absolute Gasteiger partial charge is 0.316 e. The summed E-state index contributed by atoms with van der Waals surface area (Å²) in [5.41, 5.74) is 1.29. The average Bonchev–Trinajstić information content (AvgIpc) is 2.22. The predicted octanol–water partition coefficient (Wildman–Crippen LogP) is 1.20. The van der Waals surface area contributed by atoms with E-state index in [2.05, 4.69) is 17.4 Å². The topological polar surface area (TPSA) is 29.1 Å². The molecule has 1 aromatic carbocycles. The minimum atomic E-state index is -0.639. The lowest BCUT2D eigenvalue weighted by Gasteiger charge is -2.26. The molecule has 0 bridgehead atoms. The van der Waals surface area contributed by atoms with Gasteiger partial charge in [0.05, 0.1) is 0 Å². The minimum absolute atomic E-state index is 0.639. The Morgan fingerprint density at radius 2 is 2.00 bits per heavy atom. The van der Waals surface area contributed by atoms with E-state index in [0.717, 1.165) is 31.0 Å². The normalized spacial score (nSPS) is 18.4. The number of hydrogen-bond donors (Lipinski definition) is 1. The maximum Gasteiger partial charge on any atom is 0.0287 e. The van der Waals surface area contributed by atoms with Gasteiger partial charge in [0.1, 0.15) is 0 Å². The quantitative estimate of drug-likeness (QED) is 0.812. The molecule has 0 aromatic heterocycles. The van der Waals surface area contributed by atoms with Crippen LogP contribution in [-0.2, 0) is 17.2 Å². The lowest BCUT2D eigenvalue weighted by molar-refractivity contribution is 0.382. The van der Waals surface area contributed by atoms with E-state index in [4.69, 9.17) is 0 Å². The highest BCUT2D eigenvalue weighted by molar-refractivity contribution is 7.84. The Hall–Kier alpha value is -0.670. The predicted molar refractivity (Wildman–Crippen MR) is 64.4 cm³/mol. The fourth-order valence-electron chi connectivity index (χ4n) is 1.69.